The SMILES string of the molecule is O=C[C@H](O)[C@@H](O)[C@H](O)C(=O)C(=O)O. The van der Waals surface area contributed by atoms with E-state index >= 15 is 0 Å². The Labute approximate surface area is 72.2 Å². The number of aldehydes is 1. The van der Waals surface area contributed by atoms with Gasteiger partial charge in [0.25, 0.3) is 5.78 Å². The number of carbonyl (C=O) groups is 3. The highest BCUT2D eigenvalue weighted by Crippen LogP contribution is 1.99. The molecule has 0 saturated heterocycles. The summed E-state index contributed by atoms with van der Waals surface area (Å²) in [5.41, 5.74) is 0. The summed E-state index contributed by atoms with van der Waals surface area (Å²) in [4.78, 5) is 30.3. The lowest BCUT2D eigenvalue weighted by Gasteiger charge is -2.16. The van der Waals surface area contributed by atoms with E-state index in [4.69, 9.17) is 20.4 Å². The topological polar surface area (TPSA) is 132 Å². The van der Waals surface area contributed by atoms with Gasteiger partial charge >= 0.3 is 5.97 Å². The first kappa shape index (κ1) is 11.7. The molecule has 0 spiro atoms. The number of hydrogen-bond acceptors (Lipinski definition) is 6. The molecule has 0 aliphatic carbocycles. The van der Waals surface area contributed by atoms with E-state index in [9.17, 15) is 14.4 Å². The second kappa shape index (κ2) is 4.65. The number of carboxylic acids is 1. The van der Waals surface area contributed by atoms with Crippen molar-refractivity contribution in [3.8, 4) is 0 Å². The zero-order valence-corrected chi connectivity index (χ0v) is 6.32. The Kier molecular flexibility index (Phi) is 4.18. The number of hydrogen-bond donors (Lipinski definition) is 4. The highest BCUT2D eigenvalue weighted by atomic mass is 16.4. The molecule has 0 unspecified atom stereocenters. The predicted octanol–water partition coefficient (Wildman–Crippen LogP) is -3.08. The van der Waals surface area contributed by atoms with Crippen molar-refractivity contribution in [1.29, 1.82) is 0 Å². The van der Waals surface area contributed by atoms with Gasteiger partial charge in [0.1, 0.15) is 12.2 Å². The Morgan fingerprint density at radius 3 is 1.92 bits per heavy atom. The van der Waals surface area contributed by atoms with Crippen LogP contribution in [-0.4, -0.2) is 56.8 Å². The minimum Gasteiger partial charge on any atom is -0.475 e. The number of aliphatic carboxylic acids is 1. The molecule has 0 radical (unpaired) electrons. The summed E-state index contributed by atoms with van der Waals surface area (Å²) in [6, 6.07) is 0. The third kappa shape index (κ3) is 2.90. The van der Waals surface area contributed by atoms with E-state index in [0.717, 1.165) is 0 Å². The molecule has 74 valence electrons. The first-order chi connectivity index (χ1) is 5.91. The molecule has 3 atom stereocenters. The van der Waals surface area contributed by atoms with Crippen LogP contribution in [0.25, 0.3) is 0 Å². The average molecular weight is 192 g/mol. The van der Waals surface area contributed by atoms with Gasteiger partial charge in [0.15, 0.2) is 12.4 Å². The normalized spacial score (nSPS) is 17.2. The Morgan fingerprint density at radius 2 is 1.62 bits per heavy atom. The van der Waals surface area contributed by atoms with E-state index in [-0.39, 0.29) is 6.29 Å². The maximum Gasteiger partial charge on any atom is 0.375 e. The van der Waals surface area contributed by atoms with Crippen LogP contribution >= 0.6 is 0 Å². The summed E-state index contributed by atoms with van der Waals surface area (Å²) < 4.78 is 0. The molecule has 0 amide bonds. The number of rotatable bonds is 5. The van der Waals surface area contributed by atoms with Crippen LogP contribution in [0.3, 0.4) is 0 Å². The van der Waals surface area contributed by atoms with Gasteiger partial charge in [0.2, 0.25) is 0 Å². The zero-order chi connectivity index (χ0) is 10.6. The molecule has 13 heavy (non-hydrogen) atoms. The van der Waals surface area contributed by atoms with Gasteiger partial charge < -0.3 is 25.2 Å². The molecule has 0 aliphatic rings. The van der Waals surface area contributed by atoms with Crippen molar-refractivity contribution in [1.82, 2.24) is 0 Å². The lowest BCUT2D eigenvalue weighted by molar-refractivity contribution is -0.159. The van der Waals surface area contributed by atoms with Crippen molar-refractivity contribution in [3.05, 3.63) is 0 Å². The number of ketones is 1. The Bertz CT molecular complexity index is 223. The van der Waals surface area contributed by atoms with Crippen molar-refractivity contribution < 1.29 is 34.8 Å². The van der Waals surface area contributed by atoms with Crippen LogP contribution in [0.2, 0.25) is 0 Å². The van der Waals surface area contributed by atoms with Crippen molar-refractivity contribution in [2.45, 2.75) is 18.3 Å². The van der Waals surface area contributed by atoms with Gasteiger partial charge in [-0.05, 0) is 0 Å². The minimum atomic E-state index is -2.31. The fourth-order valence-corrected chi connectivity index (χ4v) is 0.549. The van der Waals surface area contributed by atoms with Gasteiger partial charge in [-0.15, -0.1) is 0 Å². The second-order valence-corrected chi connectivity index (χ2v) is 2.23. The first-order valence-electron chi connectivity index (χ1n) is 3.18. The van der Waals surface area contributed by atoms with Gasteiger partial charge in [0, 0.05) is 0 Å². The number of carboxylic acid groups (broad SMARTS) is 1. The van der Waals surface area contributed by atoms with Crippen molar-refractivity contribution in [3.63, 3.8) is 0 Å². The highest BCUT2D eigenvalue weighted by Gasteiger charge is 2.33. The summed E-state index contributed by atoms with van der Waals surface area (Å²) in [5, 5.41) is 34.2. The van der Waals surface area contributed by atoms with E-state index in [0.29, 0.717) is 0 Å². The predicted molar refractivity (Wildman–Crippen MR) is 36.7 cm³/mol. The van der Waals surface area contributed by atoms with Crippen LogP contribution in [0.1, 0.15) is 0 Å². The fraction of sp³-hybridized carbons (Fsp3) is 0.500. The standard InChI is InChI=1S/C6H8O7/c7-1-2(8)3(9)4(10)5(11)6(12)13/h1-4,8-10H,(H,12,13)/t2-,3+,4-/m0/s1. The Morgan fingerprint density at radius 1 is 1.15 bits per heavy atom. The van der Waals surface area contributed by atoms with E-state index in [1.54, 1.807) is 0 Å². The average Bonchev–Trinajstić information content (AvgIpc) is 2.12. The molecule has 7 heteroatoms. The lowest BCUT2D eigenvalue weighted by atomic mass is 10.1. The number of aliphatic hydroxyl groups is 3. The molecule has 7 nitrogen and oxygen atoms in total. The van der Waals surface area contributed by atoms with Crippen molar-refractivity contribution in [2.24, 2.45) is 0 Å². The summed E-state index contributed by atoms with van der Waals surface area (Å²) >= 11 is 0. The molecule has 0 aromatic heterocycles. The molecular weight excluding hydrogens is 184 g/mol. The van der Waals surface area contributed by atoms with Crippen molar-refractivity contribution >= 4 is 18.0 Å². The second-order valence-electron chi connectivity index (χ2n) is 2.23. The Balaban J connectivity index is 4.41. The van der Waals surface area contributed by atoms with Crippen LogP contribution in [0.4, 0.5) is 0 Å². The monoisotopic (exact) mass is 192 g/mol. The molecular formula is C6H8O7. The number of aliphatic hydroxyl groups excluding tert-OH is 3. The molecule has 0 bridgehead atoms. The van der Waals surface area contributed by atoms with Crippen LogP contribution in [0.5, 0.6) is 0 Å². The van der Waals surface area contributed by atoms with E-state index < -0.39 is 30.1 Å². The van der Waals surface area contributed by atoms with Crippen LogP contribution < -0.4 is 0 Å². The minimum absolute atomic E-state index is 0.122. The third-order valence-electron chi connectivity index (χ3n) is 1.29. The summed E-state index contributed by atoms with van der Waals surface area (Å²) in [6.45, 7) is 0. The highest BCUT2D eigenvalue weighted by molar-refractivity contribution is 6.34. The molecule has 4 N–H and O–H groups in total. The fourth-order valence-electron chi connectivity index (χ4n) is 0.549. The number of Topliss-reactive ketones (excluding diaryl/α,β-unsaturated/α-hetero) is 1. The van der Waals surface area contributed by atoms with E-state index in [2.05, 4.69) is 0 Å². The van der Waals surface area contributed by atoms with Crippen molar-refractivity contribution in [2.75, 3.05) is 0 Å². The maximum absolute atomic E-state index is 10.5. The van der Waals surface area contributed by atoms with Crippen LogP contribution in [0, 0.1) is 0 Å². The molecule has 0 aromatic rings. The molecule has 0 heterocycles. The quantitative estimate of drug-likeness (QED) is 0.268. The molecule has 0 aliphatic heterocycles. The van der Waals surface area contributed by atoms with Crippen LogP contribution in [-0.2, 0) is 14.4 Å². The maximum atomic E-state index is 10.5. The lowest BCUT2D eigenvalue weighted by Crippen LogP contribution is -2.45. The van der Waals surface area contributed by atoms with E-state index in [1.165, 1.54) is 0 Å². The molecule has 0 saturated carbocycles. The van der Waals surface area contributed by atoms with Gasteiger partial charge in [-0.25, -0.2) is 4.79 Å². The third-order valence-corrected chi connectivity index (χ3v) is 1.29. The van der Waals surface area contributed by atoms with Gasteiger partial charge in [-0.2, -0.15) is 0 Å². The summed E-state index contributed by atoms with van der Waals surface area (Å²) in [7, 11) is 0. The van der Waals surface area contributed by atoms with Gasteiger partial charge in [-0.1, -0.05) is 0 Å². The van der Waals surface area contributed by atoms with Gasteiger partial charge in [-0.3, -0.25) is 4.79 Å². The van der Waals surface area contributed by atoms with Gasteiger partial charge in [0.05, 0.1) is 0 Å². The zero-order valence-electron chi connectivity index (χ0n) is 6.32. The van der Waals surface area contributed by atoms with E-state index in [1.807, 2.05) is 0 Å². The van der Waals surface area contributed by atoms with Crippen LogP contribution in [0.15, 0.2) is 0 Å². The molecule has 0 fully saturated rings. The summed E-state index contributed by atoms with van der Waals surface area (Å²) in [6.07, 6.45) is -6.54. The largest absolute Gasteiger partial charge is 0.475 e. The summed E-state index contributed by atoms with van der Waals surface area (Å²) in [5.74, 6) is -3.64. The molecule has 0 rings (SSSR count). The Hall–Kier alpha value is -1.31. The number of carbonyl (C=O) groups excluding carboxylic acids is 2. The smallest absolute Gasteiger partial charge is 0.375 e. The molecule has 0 aromatic carbocycles. The first-order valence-corrected chi connectivity index (χ1v) is 3.18.